The number of allylic oxidation sites excluding steroid dienone is 7. The topological polar surface area (TPSA) is 149 Å². The van der Waals surface area contributed by atoms with Crippen LogP contribution < -0.4 is 5.32 Å². The van der Waals surface area contributed by atoms with Crippen LogP contribution in [0.2, 0.25) is 0 Å². The highest BCUT2D eigenvalue weighted by atomic mass is 16.7. The maximum Gasteiger partial charge on any atom is 0.220 e. The summed E-state index contributed by atoms with van der Waals surface area (Å²) in [5.74, 6) is -0.171. The van der Waals surface area contributed by atoms with E-state index in [0.717, 1.165) is 51.4 Å². The molecule has 80 heavy (non-hydrogen) atoms. The lowest BCUT2D eigenvalue weighted by Gasteiger charge is -2.40. The smallest absolute Gasteiger partial charge is 0.220 e. The highest BCUT2D eigenvalue weighted by Crippen LogP contribution is 2.23. The second kappa shape index (κ2) is 60.3. The van der Waals surface area contributed by atoms with Gasteiger partial charge in [0.05, 0.1) is 25.4 Å². The Bertz CT molecular complexity index is 1400. The first-order valence-electron chi connectivity index (χ1n) is 34.9. The van der Waals surface area contributed by atoms with Crippen LogP contribution >= 0.6 is 0 Å². The molecule has 9 heteroatoms. The van der Waals surface area contributed by atoms with E-state index in [0.29, 0.717) is 6.42 Å². The number of amides is 1. The molecule has 0 bridgehead atoms. The Hall–Kier alpha value is -1.85. The predicted molar refractivity (Wildman–Crippen MR) is 341 cm³/mol. The zero-order valence-electron chi connectivity index (χ0n) is 52.6. The van der Waals surface area contributed by atoms with Crippen LogP contribution in [0.4, 0.5) is 0 Å². The highest BCUT2D eigenvalue weighted by molar-refractivity contribution is 5.76. The SMILES string of the molecule is CCCCCCC/C=C\C/C=C\C/C=C\CCCCCCCCCCCCCCCCCCCCC(=O)NC(COC1OC(CO)C(O)C(O)C1O)C(O)/C=C/CCCCCCCCCCCCCCCCCCCCCCCC. The third-order valence-corrected chi connectivity index (χ3v) is 16.6. The van der Waals surface area contributed by atoms with Gasteiger partial charge >= 0.3 is 0 Å². The van der Waals surface area contributed by atoms with Crippen molar-refractivity contribution in [3.63, 3.8) is 0 Å². The summed E-state index contributed by atoms with van der Waals surface area (Å²) < 4.78 is 11.3. The molecule has 0 aromatic heterocycles. The van der Waals surface area contributed by atoms with Gasteiger partial charge in [0.25, 0.3) is 0 Å². The molecule has 0 aliphatic carbocycles. The normalized spacial score (nSPS) is 18.7. The van der Waals surface area contributed by atoms with Crippen molar-refractivity contribution in [3.05, 3.63) is 48.6 Å². The Labute approximate surface area is 494 Å². The number of nitrogens with one attached hydrogen (secondary N) is 1. The van der Waals surface area contributed by atoms with Gasteiger partial charge in [0.15, 0.2) is 6.29 Å². The van der Waals surface area contributed by atoms with Crippen LogP contribution in [0.5, 0.6) is 0 Å². The molecule has 1 amide bonds. The molecule has 1 rings (SSSR count). The van der Waals surface area contributed by atoms with Gasteiger partial charge in [0.1, 0.15) is 24.4 Å². The largest absolute Gasteiger partial charge is 0.394 e. The second-order valence-corrected chi connectivity index (χ2v) is 24.3. The van der Waals surface area contributed by atoms with Gasteiger partial charge < -0.3 is 40.3 Å². The number of ether oxygens (including phenoxy) is 2. The van der Waals surface area contributed by atoms with Crippen LogP contribution in [0.3, 0.4) is 0 Å². The molecule has 1 fully saturated rings. The average molecular weight is 1130 g/mol. The van der Waals surface area contributed by atoms with Crippen molar-refractivity contribution >= 4 is 5.91 Å². The van der Waals surface area contributed by atoms with Crippen molar-refractivity contribution in [1.29, 1.82) is 0 Å². The van der Waals surface area contributed by atoms with E-state index in [1.54, 1.807) is 6.08 Å². The monoisotopic (exact) mass is 1130 g/mol. The van der Waals surface area contributed by atoms with Crippen LogP contribution in [0.15, 0.2) is 48.6 Å². The van der Waals surface area contributed by atoms with Crippen LogP contribution in [-0.2, 0) is 14.3 Å². The average Bonchev–Trinajstić information content (AvgIpc) is 3.46. The Morgan fingerprint density at radius 2 is 0.738 bits per heavy atom. The first-order chi connectivity index (χ1) is 39.3. The van der Waals surface area contributed by atoms with Gasteiger partial charge in [-0.1, -0.05) is 326 Å². The lowest BCUT2D eigenvalue weighted by Crippen LogP contribution is -2.60. The fourth-order valence-corrected chi connectivity index (χ4v) is 11.2. The molecule has 7 unspecified atom stereocenters. The highest BCUT2D eigenvalue weighted by Gasteiger charge is 2.44. The lowest BCUT2D eigenvalue weighted by molar-refractivity contribution is -0.302. The second-order valence-electron chi connectivity index (χ2n) is 24.3. The summed E-state index contributed by atoms with van der Waals surface area (Å²) in [6, 6.07) is -0.806. The molecule has 0 aromatic rings. The standard InChI is InChI=1S/C71H133NO8/c1-3-5-7-9-11-13-15-17-19-21-23-25-27-29-30-31-32-33-34-35-36-37-39-41-43-45-47-49-51-53-55-57-59-61-67(75)72-64(63-79-71-70(78)69(77)68(76)66(62-73)80-71)65(74)60-58-56-54-52-50-48-46-44-42-40-38-28-26-24-22-20-18-16-14-12-10-8-6-4-2/h15,17,21,23,27,29,58,60,64-66,68-71,73-74,76-78H,3-14,16,18-20,22,24-26,28,30-57,59,61-63H2,1-2H3,(H,72,75)/b17-15-,23-21-,29-27-,60-58+. The summed E-state index contributed by atoms with van der Waals surface area (Å²) in [7, 11) is 0. The zero-order valence-corrected chi connectivity index (χ0v) is 52.6. The van der Waals surface area contributed by atoms with E-state index in [-0.39, 0.29) is 12.5 Å². The van der Waals surface area contributed by atoms with Crippen molar-refractivity contribution in [2.24, 2.45) is 0 Å². The van der Waals surface area contributed by atoms with E-state index < -0.39 is 49.5 Å². The quantitative estimate of drug-likeness (QED) is 0.0261. The van der Waals surface area contributed by atoms with E-state index in [9.17, 15) is 30.3 Å². The molecule has 1 heterocycles. The first-order valence-corrected chi connectivity index (χ1v) is 34.9. The number of hydrogen-bond donors (Lipinski definition) is 6. The van der Waals surface area contributed by atoms with Crippen molar-refractivity contribution in [2.75, 3.05) is 13.2 Å². The molecule has 0 aromatic carbocycles. The number of aliphatic hydroxyl groups is 5. The van der Waals surface area contributed by atoms with E-state index in [2.05, 4.69) is 55.6 Å². The fraction of sp³-hybridized carbons (Fsp3) is 0.873. The van der Waals surface area contributed by atoms with Gasteiger partial charge in [0, 0.05) is 6.42 Å². The van der Waals surface area contributed by atoms with E-state index in [1.807, 2.05) is 6.08 Å². The predicted octanol–water partition coefficient (Wildman–Crippen LogP) is 18.8. The summed E-state index contributed by atoms with van der Waals surface area (Å²) in [5, 5.41) is 54.8. The number of carbonyl (C=O) groups excluding carboxylic acids is 1. The van der Waals surface area contributed by atoms with Gasteiger partial charge in [-0.15, -0.1) is 0 Å². The Morgan fingerprint density at radius 1 is 0.425 bits per heavy atom. The number of aliphatic hydroxyl groups excluding tert-OH is 5. The third-order valence-electron chi connectivity index (χ3n) is 16.6. The third kappa shape index (κ3) is 48.5. The van der Waals surface area contributed by atoms with E-state index in [1.165, 1.54) is 270 Å². The molecule has 1 saturated heterocycles. The Balaban J connectivity index is 2.12. The minimum atomic E-state index is -1.57. The van der Waals surface area contributed by atoms with Gasteiger partial charge in [-0.25, -0.2) is 0 Å². The summed E-state index contributed by atoms with van der Waals surface area (Å²) in [6.07, 6.45) is 75.0. The molecule has 9 nitrogen and oxygen atoms in total. The number of hydrogen-bond acceptors (Lipinski definition) is 8. The summed E-state index contributed by atoms with van der Waals surface area (Å²) in [4.78, 5) is 13.1. The number of rotatable bonds is 61. The van der Waals surface area contributed by atoms with Gasteiger partial charge in [-0.3, -0.25) is 4.79 Å². The molecular formula is C71H133NO8. The Kier molecular flexibility index (Phi) is 57.4. The summed E-state index contributed by atoms with van der Waals surface area (Å²) in [6.45, 7) is 3.81. The minimum absolute atomic E-state index is 0.171. The van der Waals surface area contributed by atoms with E-state index >= 15 is 0 Å². The molecule has 0 spiro atoms. The maximum atomic E-state index is 13.1. The van der Waals surface area contributed by atoms with Crippen molar-refractivity contribution in [3.8, 4) is 0 Å². The molecule has 1 aliphatic rings. The van der Waals surface area contributed by atoms with Crippen LogP contribution in [0, 0.1) is 0 Å². The van der Waals surface area contributed by atoms with Crippen LogP contribution in [0.1, 0.15) is 341 Å². The zero-order chi connectivity index (χ0) is 57.9. The van der Waals surface area contributed by atoms with Crippen molar-refractivity contribution < 1.29 is 39.8 Å². The minimum Gasteiger partial charge on any atom is -0.394 e. The van der Waals surface area contributed by atoms with Gasteiger partial charge in [0.2, 0.25) is 5.91 Å². The fourth-order valence-electron chi connectivity index (χ4n) is 11.2. The molecule has 470 valence electrons. The van der Waals surface area contributed by atoms with Crippen LogP contribution in [0.25, 0.3) is 0 Å². The van der Waals surface area contributed by atoms with Crippen molar-refractivity contribution in [2.45, 2.75) is 384 Å². The lowest BCUT2D eigenvalue weighted by atomic mass is 9.99. The molecule has 7 atom stereocenters. The molecule has 1 aliphatic heterocycles. The van der Waals surface area contributed by atoms with Crippen molar-refractivity contribution in [1.82, 2.24) is 5.32 Å². The molecular weight excluding hydrogens is 995 g/mol. The maximum absolute atomic E-state index is 13.1. The van der Waals surface area contributed by atoms with E-state index in [4.69, 9.17) is 9.47 Å². The first kappa shape index (κ1) is 76.2. The Morgan fingerprint density at radius 3 is 1.09 bits per heavy atom. The summed E-state index contributed by atoms with van der Waals surface area (Å²) in [5.41, 5.74) is 0. The molecule has 6 N–H and O–H groups in total. The van der Waals surface area contributed by atoms with Crippen LogP contribution in [-0.4, -0.2) is 87.5 Å². The number of unbranched alkanes of at least 4 members (excludes halogenated alkanes) is 45. The van der Waals surface area contributed by atoms with Gasteiger partial charge in [-0.2, -0.15) is 0 Å². The van der Waals surface area contributed by atoms with Gasteiger partial charge in [-0.05, 0) is 57.8 Å². The molecule has 0 saturated carbocycles. The summed E-state index contributed by atoms with van der Waals surface area (Å²) >= 11 is 0. The molecule has 0 radical (unpaired) electrons. The number of carbonyl (C=O) groups is 1.